The quantitative estimate of drug-likeness (QED) is 0.324. The van der Waals surface area contributed by atoms with E-state index in [1.54, 1.807) is 14.2 Å². The van der Waals surface area contributed by atoms with Gasteiger partial charge < -0.3 is 24.8 Å². The molecule has 0 spiro atoms. The van der Waals surface area contributed by atoms with Gasteiger partial charge in [-0.15, -0.1) is 0 Å². The molecule has 0 aromatic heterocycles. The summed E-state index contributed by atoms with van der Waals surface area (Å²) in [6.45, 7) is 7.18. The second-order valence-electron chi connectivity index (χ2n) is 5.94. The zero-order valence-corrected chi connectivity index (χ0v) is 15.8. The molecular formula is C19H33N3O3. The number of guanidine groups is 1. The molecule has 1 aromatic carbocycles. The van der Waals surface area contributed by atoms with Gasteiger partial charge >= 0.3 is 0 Å². The van der Waals surface area contributed by atoms with Crippen LogP contribution in [-0.4, -0.2) is 59.6 Å². The van der Waals surface area contributed by atoms with Crippen LogP contribution in [0.15, 0.2) is 35.3 Å². The van der Waals surface area contributed by atoms with Crippen molar-refractivity contribution in [1.29, 1.82) is 0 Å². The summed E-state index contributed by atoms with van der Waals surface area (Å²) in [5.74, 6) is 1.21. The zero-order valence-electron chi connectivity index (χ0n) is 15.8. The van der Waals surface area contributed by atoms with Crippen LogP contribution in [0.2, 0.25) is 0 Å². The lowest BCUT2D eigenvalue weighted by Gasteiger charge is -2.16. The maximum absolute atomic E-state index is 5.77. The molecule has 0 amide bonds. The Kier molecular flexibility index (Phi) is 12.6. The first-order chi connectivity index (χ1) is 12.3. The average Bonchev–Trinajstić information content (AvgIpc) is 2.64. The molecule has 1 rings (SSSR count). The zero-order chi connectivity index (χ0) is 18.2. The molecule has 6 heteroatoms. The molecule has 0 fully saturated rings. The first-order valence-electron chi connectivity index (χ1n) is 8.89. The van der Waals surface area contributed by atoms with Gasteiger partial charge in [0.1, 0.15) is 0 Å². The second kappa shape index (κ2) is 14.7. The summed E-state index contributed by atoms with van der Waals surface area (Å²) in [7, 11) is 3.45. The molecule has 0 saturated heterocycles. The minimum absolute atomic E-state index is 0.402. The summed E-state index contributed by atoms with van der Waals surface area (Å²) in [5.41, 5.74) is 1.20. The highest BCUT2D eigenvalue weighted by molar-refractivity contribution is 5.79. The highest BCUT2D eigenvalue weighted by atomic mass is 16.5. The van der Waals surface area contributed by atoms with E-state index >= 15 is 0 Å². The topological polar surface area (TPSA) is 64.1 Å². The number of benzene rings is 1. The van der Waals surface area contributed by atoms with Crippen LogP contribution in [0, 0.1) is 5.92 Å². The Hall–Kier alpha value is -1.63. The maximum Gasteiger partial charge on any atom is 0.190 e. The fourth-order valence-electron chi connectivity index (χ4n) is 2.13. The maximum atomic E-state index is 5.77. The van der Waals surface area contributed by atoms with Gasteiger partial charge in [-0.1, -0.05) is 37.3 Å². The number of hydrogen-bond donors (Lipinski definition) is 2. The number of rotatable bonds is 13. The van der Waals surface area contributed by atoms with E-state index in [1.807, 2.05) is 18.2 Å². The van der Waals surface area contributed by atoms with Crippen molar-refractivity contribution in [2.24, 2.45) is 10.9 Å². The number of hydrogen-bond acceptors (Lipinski definition) is 4. The van der Waals surface area contributed by atoms with Crippen molar-refractivity contribution >= 4 is 5.96 Å². The smallest absolute Gasteiger partial charge is 0.190 e. The van der Waals surface area contributed by atoms with E-state index in [0.717, 1.165) is 32.1 Å². The summed E-state index contributed by atoms with van der Waals surface area (Å²) in [6.07, 6.45) is 0.931. The van der Waals surface area contributed by atoms with E-state index in [4.69, 9.17) is 14.2 Å². The van der Waals surface area contributed by atoms with E-state index in [1.165, 1.54) is 5.56 Å². The largest absolute Gasteiger partial charge is 0.382 e. The van der Waals surface area contributed by atoms with Crippen molar-refractivity contribution < 1.29 is 14.2 Å². The van der Waals surface area contributed by atoms with Crippen LogP contribution in [0.1, 0.15) is 18.9 Å². The summed E-state index contributed by atoms with van der Waals surface area (Å²) in [6, 6.07) is 10.2. The Morgan fingerprint density at radius 1 is 1.08 bits per heavy atom. The molecule has 142 valence electrons. The van der Waals surface area contributed by atoms with Gasteiger partial charge in [-0.05, 0) is 17.9 Å². The van der Waals surface area contributed by atoms with Crippen molar-refractivity contribution in [1.82, 2.24) is 10.6 Å². The van der Waals surface area contributed by atoms with Gasteiger partial charge in [-0.25, -0.2) is 0 Å². The SMILES string of the molecule is CN=C(NCCCOCCOC)NCC(C)COCc1ccccc1. The van der Waals surface area contributed by atoms with Crippen LogP contribution < -0.4 is 10.6 Å². The van der Waals surface area contributed by atoms with Crippen LogP contribution >= 0.6 is 0 Å². The highest BCUT2D eigenvalue weighted by Crippen LogP contribution is 2.02. The first-order valence-corrected chi connectivity index (χ1v) is 8.89. The first kappa shape index (κ1) is 21.4. The number of nitrogens with zero attached hydrogens (tertiary/aromatic N) is 1. The van der Waals surface area contributed by atoms with E-state index in [2.05, 4.69) is 34.7 Å². The van der Waals surface area contributed by atoms with Crippen LogP contribution in [0.4, 0.5) is 0 Å². The Bertz CT molecular complexity index is 454. The fraction of sp³-hybridized carbons (Fsp3) is 0.632. The lowest BCUT2D eigenvalue weighted by Crippen LogP contribution is -2.40. The molecule has 0 saturated carbocycles. The molecule has 0 heterocycles. The van der Waals surface area contributed by atoms with Crippen molar-refractivity contribution in [3.8, 4) is 0 Å². The lowest BCUT2D eigenvalue weighted by molar-refractivity contribution is 0.0698. The van der Waals surface area contributed by atoms with Crippen molar-refractivity contribution in [2.75, 3.05) is 53.7 Å². The average molecular weight is 351 g/mol. The third-order valence-electron chi connectivity index (χ3n) is 3.55. The molecule has 0 aliphatic heterocycles. The van der Waals surface area contributed by atoms with Crippen LogP contribution in [-0.2, 0) is 20.8 Å². The number of methoxy groups -OCH3 is 1. The van der Waals surface area contributed by atoms with Crippen LogP contribution in [0.25, 0.3) is 0 Å². The van der Waals surface area contributed by atoms with Crippen LogP contribution in [0.3, 0.4) is 0 Å². The standard InChI is InChI=1S/C19H33N3O3/c1-17(15-25-16-18-8-5-4-6-9-18)14-22-19(20-2)21-10-7-11-24-13-12-23-3/h4-6,8-9,17H,7,10-16H2,1-3H3,(H2,20,21,22). The molecule has 0 aliphatic carbocycles. The second-order valence-corrected chi connectivity index (χ2v) is 5.94. The Balaban J connectivity index is 2.04. The molecule has 2 N–H and O–H groups in total. The van der Waals surface area contributed by atoms with Crippen molar-refractivity contribution in [3.63, 3.8) is 0 Å². The van der Waals surface area contributed by atoms with E-state index in [9.17, 15) is 0 Å². The molecule has 6 nitrogen and oxygen atoms in total. The molecular weight excluding hydrogens is 318 g/mol. The van der Waals surface area contributed by atoms with Gasteiger partial charge in [-0.2, -0.15) is 0 Å². The number of ether oxygens (including phenoxy) is 3. The Labute approximate surface area is 152 Å². The normalized spacial score (nSPS) is 12.8. The third-order valence-corrected chi connectivity index (χ3v) is 3.55. The number of aliphatic imine (C=N–C) groups is 1. The fourth-order valence-corrected chi connectivity index (χ4v) is 2.13. The molecule has 0 bridgehead atoms. The predicted molar refractivity (Wildman–Crippen MR) is 102 cm³/mol. The molecule has 0 radical (unpaired) electrons. The van der Waals surface area contributed by atoms with Gasteiger partial charge in [0.05, 0.1) is 26.4 Å². The van der Waals surface area contributed by atoms with Gasteiger partial charge in [0.15, 0.2) is 5.96 Å². The van der Waals surface area contributed by atoms with E-state index in [-0.39, 0.29) is 0 Å². The predicted octanol–water partition coefficient (Wildman–Crippen LogP) is 2.06. The van der Waals surface area contributed by atoms with Gasteiger partial charge in [-0.3, -0.25) is 4.99 Å². The summed E-state index contributed by atoms with van der Waals surface area (Å²) in [4.78, 5) is 4.23. The van der Waals surface area contributed by atoms with Crippen LogP contribution in [0.5, 0.6) is 0 Å². The molecule has 0 aliphatic rings. The summed E-state index contributed by atoms with van der Waals surface area (Å²) in [5, 5.41) is 6.61. The summed E-state index contributed by atoms with van der Waals surface area (Å²) < 4.78 is 16.1. The van der Waals surface area contributed by atoms with Crippen molar-refractivity contribution in [3.05, 3.63) is 35.9 Å². The lowest BCUT2D eigenvalue weighted by atomic mass is 10.2. The van der Waals surface area contributed by atoms with E-state index < -0.39 is 0 Å². The minimum Gasteiger partial charge on any atom is -0.382 e. The third kappa shape index (κ3) is 11.5. The van der Waals surface area contributed by atoms with Crippen molar-refractivity contribution in [2.45, 2.75) is 20.0 Å². The van der Waals surface area contributed by atoms with Gasteiger partial charge in [0, 0.05) is 33.9 Å². The highest BCUT2D eigenvalue weighted by Gasteiger charge is 2.04. The van der Waals surface area contributed by atoms with E-state index in [0.29, 0.717) is 32.3 Å². The summed E-state index contributed by atoms with van der Waals surface area (Å²) >= 11 is 0. The molecule has 1 atom stereocenters. The molecule has 1 aromatic rings. The van der Waals surface area contributed by atoms with Gasteiger partial charge in [0.2, 0.25) is 0 Å². The Morgan fingerprint density at radius 2 is 1.88 bits per heavy atom. The molecule has 1 unspecified atom stereocenters. The molecule has 25 heavy (non-hydrogen) atoms. The monoisotopic (exact) mass is 351 g/mol. The number of nitrogens with one attached hydrogen (secondary N) is 2. The Morgan fingerprint density at radius 3 is 2.60 bits per heavy atom. The van der Waals surface area contributed by atoms with Gasteiger partial charge in [0.25, 0.3) is 0 Å². The minimum atomic E-state index is 0.402.